The molecule has 0 unspecified atom stereocenters. The number of piperazine rings is 1. The van der Waals surface area contributed by atoms with Crippen molar-refractivity contribution in [2.24, 2.45) is 0 Å². The van der Waals surface area contributed by atoms with E-state index in [9.17, 15) is 4.79 Å². The lowest BCUT2D eigenvalue weighted by Crippen LogP contribution is -2.44. The molecule has 9 heteroatoms. The van der Waals surface area contributed by atoms with Gasteiger partial charge in [-0.05, 0) is 42.9 Å². The number of rotatable bonds is 5. The number of nitrogens with zero attached hydrogens (tertiary/aromatic N) is 6. The lowest BCUT2D eigenvalue weighted by atomic mass is 10.1. The van der Waals surface area contributed by atoms with Crippen molar-refractivity contribution >= 4 is 39.0 Å². The Morgan fingerprint density at radius 2 is 1.91 bits per heavy atom. The maximum absolute atomic E-state index is 13.0. The predicted octanol–water partition coefficient (Wildman–Crippen LogP) is 2.91. The van der Waals surface area contributed by atoms with Crippen LogP contribution in [0.15, 0.2) is 48.8 Å². The van der Waals surface area contributed by atoms with Crippen LogP contribution in [0.4, 0.5) is 10.9 Å². The van der Waals surface area contributed by atoms with Gasteiger partial charge in [0.15, 0.2) is 10.9 Å². The zero-order chi connectivity index (χ0) is 22.1. The number of benzene rings is 1. The zero-order valence-electron chi connectivity index (χ0n) is 17.7. The van der Waals surface area contributed by atoms with Gasteiger partial charge in [0.1, 0.15) is 5.82 Å². The minimum Gasteiger partial charge on any atom is -0.375 e. The lowest BCUT2D eigenvalue weighted by Gasteiger charge is -2.33. The number of anilines is 2. The van der Waals surface area contributed by atoms with Crippen molar-refractivity contribution in [2.75, 3.05) is 43.9 Å². The van der Waals surface area contributed by atoms with Crippen molar-refractivity contribution in [1.29, 1.82) is 0 Å². The van der Waals surface area contributed by atoms with Crippen LogP contribution in [0.3, 0.4) is 0 Å². The molecular weight excluding hydrogens is 422 g/mol. The highest BCUT2D eigenvalue weighted by Gasteiger charge is 2.17. The monoisotopic (exact) mass is 445 g/mol. The van der Waals surface area contributed by atoms with E-state index in [0.717, 1.165) is 53.3 Å². The molecule has 32 heavy (non-hydrogen) atoms. The first-order valence-electron chi connectivity index (χ1n) is 10.5. The van der Waals surface area contributed by atoms with Gasteiger partial charge in [-0.25, -0.2) is 9.97 Å². The Labute approximate surface area is 189 Å². The molecule has 0 amide bonds. The van der Waals surface area contributed by atoms with Crippen LogP contribution in [0, 0.1) is 0 Å². The number of pyridine rings is 1. The highest BCUT2D eigenvalue weighted by Crippen LogP contribution is 2.29. The van der Waals surface area contributed by atoms with Crippen molar-refractivity contribution in [3.05, 3.63) is 60.0 Å². The molecule has 4 aromatic rings. The van der Waals surface area contributed by atoms with E-state index in [1.165, 1.54) is 11.3 Å². The summed E-state index contributed by atoms with van der Waals surface area (Å²) in [7, 11) is 2.12. The summed E-state index contributed by atoms with van der Waals surface area (Å²) < 4.78 is 0. The molecular formula is C23H23N7OS. The van der Waals surface area contributed by atoms with Gasteiger partial charge in [-0.1, -0.05) is 17.4 Å². The van der Waals surface area contributed by atoms with E-state index in [1.54, 1.807) is 18.5 Å². The molecule has 0 saturated carbocycles. The van der Waals surface area contributed by atoms with Crippen LogP contribution in [0.2, 0.25) is 0 Å². The lowest BCUT2D eigenvalue weighted by molar-refractivity contribution is 0.0991. The molecule has 4 heterocycles. The van der Waals surface area contributed by atoms with Gasteiger partial charge in [-0.3, -0.25) is 4.79 Å². The number of ketones is 1. The number of carbonyl (C=O) groups excluding carboxylic acids is 1. The summed E-state index contributed by atoms with van der Waals surface area (Å²) >= 11 is 1.44. The summed E-state index contributed by atoms with van der Waals surface area (Å²) in [6, 6.07) is 11.5. The van der Waals surface area contributed by atoms with Crippen LogP contribution in [-0.4, -0.2) is 64.1 Å². The molecule has 1 aliphatic rings. The fourth-order valence-corrected chi connectivity index (χ4v) is 4.50. The summed E-state index contributed by atoms with van der Waals surface area (Å²) in [6.07, 6.45) is 3.66. The van der Waals surface area contributed by atoms with Gasteiger partial charge in [0.25, 0.3) is 0 Å². The van der Waals surface area contributed by atoms with E-state index in [1.807, 2.05) is 30.3 Å². The smallest absolute Gasteiger partial charge is 0.180 e. The number of aromatic nitrogens is 4. The third-order valence-corrected chi connectivity index (χ3v) is 6.56. The summed E-state index contributed by atoms with van der Waals surface area (Å²) in [4.78, 5) is 27.1. The van der Waals surface area contributed by atoms with Crippen LogP contribution in [0.1, 0.15) is 16.1 Å². The zero-order valence-corrected chi connectivity index (χ0v) is 18.5. The Hall–Kier alpha value is -3.43. The van der Waals surface area contributed by atoms with Gasteiger partial charge in [0, 0.05) is 49.5 Å². The van der Waals surface area contributed by atoms with Gasteiger partial charge in [0.2, 0.25) is 0 Å². The molecule has 0 aliphatic carbocycles. The van der Waals surface area contributed by atoms with Crippen molar-refractivity contribution < 1.29 is 4.79 Å². The number of nitrogens with two attached hydrogens (primary N) is 1. The van der Waals surface area contributed by atoms with Gasteiger partial charge in [0.05, 0.1) is 22.5 Å². The van der Waals surface area contributed by atoms with E-state index in [2.05, 4.69) is 37.0 Å². The Bertz CT molecular complexity index is 1280. The predicted molar refractivity (Wildman–Crippen MR) is 127 cm³/mol. The van der Waals surface area contributed by atoms with Gasteiger partial charge < -0.3 is 15.5 Å². The molecule has 1 aromatic carbocycles. The second kappa shape index (κ2) is 8.60. The molecule has 2 N–H and O–H groups in total. The number of hydrogen-bond donors (Lipinski definition) is 1. The Morgan fingerprint density at radius 3 is 2.69 bits per heavy atom. The minimum absolute atomic E-state index is 0.00260. The summed E-state index contributed by atoms with van der Waals surface area (Å²) in [6.45, 7) is 3.79. The number of Topliss-reactive ketones (excluding diaryl/α,β-unsaturated/α-hetero) is 1. The number of hydrogen-bond acceptors (Lipinski definition) is 9. The molecule has 5 rings (SSSR count). The molecule has 0 bridgehead atoms. The second-order valence-corrected chi connectivity index (χ2v) is 9.03. The largest absolute Gasteiger partial charge is 0.375 e. The second-order valence-electron chi connectivity index (χ2n) is 7.97. The highest BCUT2D eigenvalue weighted by atomic mass is 32.1. The molecule has 0 spiro atoms. The average Bonchev–Trinajstić information content (AvgIpc) is 3.25. The molecule has 8 nitrogen and oxygen atoms in total. The van der Waals surface area contributed by atoms with E-state index in [0.29, 0.717) is 16.4 Å². The van der Waals surface area contributed by atoms with Crippen molar-refractivity contribution in [3.8, 4) is 10.4 Å². The van der Waals surface area contributed by atoms with E-state index in [-0.39, 0.29) is 12.2 Å². The fraction of sp³-hybridized carbons (Fsp3) is 0.261. The van der Waals surface area contributed by atoms with Crippen molar-refractivity contribution in [1.82, 2.24) is 25.1 Å². The topological polar surface area (TPSA) is 101 Å². The van der Waals surface area contributed by atoms with Crippen molar-refractivity contribution in [3.63, 3.8) is 0 Å². The summed E-state index contributed by atoms with van der Waals surface area (Å²) in [5.74, 6) is 0.852. The number of thiazole rings is 1. The van der Waals surface area contributed by atoms with Gasteiger partial charge >= 0.3 is 0 Å². The molecule has 3 aromatic heterocycles. The molecule has 0 atom stereocenters. The van der Waals surface area contributed by atoms with Gasteiger partial charge in [-0.15, -0.1) is 0 Å². The Morgan fingerprint density at radius 1 is 1.06 bits per heavy atom. The quantitative estimate of drug-likeness (QED) is 0.468. The molecule has 1 fully saturated rings. The van der Waals surface area contributed by atoms with Crippen LogP contribution in [-0.2, 0) is 6.42 Å². The average molecular weight is 446 g/mol. The van der Waals surface area contributed by atoms with Crippen molar-refractivity contribution in [2.45, 2.75) is 6.42 Å². The first-order chi connectivity index (χ1) is 15.5. The Balaban J connectivity index is 1.36. The number of fused-ring (bicyclic) bond motifs is 1. The van der Waals surface area contributed by atoms with Crippen LogP contribution < -0.4 is 10.6 Å². The van der Waals surface area contributed by atoms with E-state index in [4.69, 9.17) is 5.73 Å². The maximum Gasteiger partial charge on any atom is 0.180 e. The number of carbonyl (C=O) groups is 1. The standard InChI is InChI=1S/C23H23N7OS/c1-29-6-8-30(9-7-29)22-12-15(4-5-25-22)20(31)13-18-11-17-10-16(2-3-19(17)28-27-18)21-14-26-23(24)32-21/h2-5,10-12,14H,6-9,13H2,1H3,(H2,24,26). The number of nitrogen functional groups attached to an aromatic ring is 1. The molecule has 1 saturated heterocycles. The summed E-state index contributed by atoms with van der Waals surface area (Å²) in [5.41, 5.74) is 8.85. The normalized spacial score (nSPS) is 14.7. The van der Waals surface area contributed by atoms with Crippen LogP contribution in [0.25, 0.3) is 21.3 Å². The SMILES string of the molecule is CN1CCN(c2cc(C(=O)Cc3cc4cc(-c5cnc(N)s5)ccc4nn3)ccn2)CC1. The first kappa shape index (κ1) is 20.5. The fourth-order valence-electron chi connectivity index (χ4n) is 3.82. The van der Waals surface area contributed by atoms with Crippen LogP contribution >= 0.6 is 11.3 Å². The van der Waals surface area contributed by atoms with E-state index >= 15 is 0 Å². The molecule has 1 aliphatic heterocycles. The highest BCUT2D eigenvalue weighted by molar-refractivity contribution is 7.18. The Kier molecular flexibility index (Phi) is 5.50. The summed E-state index contributed by atoms with van der Waals surface area (Å²) in [5, 5.41) is 10.0. The number of likely N-dealkylation sites (N-methyl/N-ethyl adjacent to an activating group) is 1. The molecule has 0 radical (unpaired) electrons. The third kappa shape index (κ3) is 4.30. The maximum atomic E-state index is 13.0. The van der Waals surface area contributed by atoms with Gasteiger partial charge in [-0.2, -0.15) is 10.2 Å². The minimum atomic E-state index is 0.00260. The van der Waals surface area contributed by atoms with E-state index < -0.39 is 0 Å². The van der Waals surface area contributed by atoms with Crippen LogP contribution in [0.5, 0.6) is 0 Å². The molecule has 162 valence electrons. The third-order valence-electron chi connectivity index (χ3n) is 5.68. The first-order valence-corrected chi connectivity index (χ1v) is 11.3.